The molecule has 1 spiro atoms. The third-order valence-corrected chi connectivity index (χ3v) is 6.93. The number of ether oxygens (including phenoxy) is 1. The van der Waals surface area contributed by atoms with Crippen LogP contribution in [0, 0.1) is 18.4 Å². The number of halogens is 1. The molecule has 2 aliphatic rings. The molecule has 3 heterocycles. The van der Waals surface area contributed by atoms with Crippen LogP contribution in [0.3, 0.4) is 0 Å². The van der Waals surface area contributed by atoms with Crippen LogP contribution in [0.25, 0.3) is 0 Å². The number of likely N-dealkylation sites (tertiary alicyclic amines) is 1. The molecule has 11 heteroatoms. The Labute approximate surface area is 214 Å². The van der Waals surface area contributed by atoms with Crippen molar-refractivity contribution in [3.63, 3.8) is 0 Å². The van der Waals surface area contributed by atoms with Crippen molar-refractivity contribution in [3.05, 3.63) is 60.6 Å². The second kappa shape index (κ2) is 10.5. The first-order chi connectivity index (χ1) is 17.9. The van der Waals surface area contributed by atoms with Crippen LogP contribution in [0.4, 0.5) is 15.9 Å². The fraction of sp³-hybridized carbons (Fsp3) is 0.423. The predicted octanol–water partition coefficient (Wildman–Crippen LogP) is 3.02. The van der Waals surface area contributed by atoms with Crippen LogP contribution in [-0.4, -0.2) is 62.2 Å². The minimum Gasteiger partial charge on any atom is -0.490 e. The van der Waals surface area contributed by atoms with Gasteiger partial charge in [-0.2, -0.15) is 14.5 Å². The summed E-state index contributed by atoms with van der Waals surface area (Å²) in [7, 11) is 0. The molecular formula is C26H30FN7O3. The van der Waals surface area contributed by atoms with Crippen LogP contribution in [0.1, 0.15) is 31.2 Å². The quantitative estimate of drug-likeness (QED) is 0.428. The first kappa shape index (κ1) is 24.7. The van der Waals surface area contributed by atoms with Crippen molar-refractivity contribution >= 4 is 23.3 Å². The van der Waals surface area contributed by atoms with Gasteiger partial charge in [-0.1, -0.05) is 17.7 Å². The molecule has 0 bridgehead atoms. The van der Waals surface area contributed by atoms with Crippen molar-refractivity contribution < 1.29 is 18.7 Å². The summed E-state index contributed by atoms with van der Waals surface area (Å²) < 4.78 is 20.6. The number of anilines is 2. The van der Waals surface area contributed by atoms with Gasteiger partial charge in [0.05, 0.1) is 18.0 Å². The van der Waals surface area contributed by atoms with E-state index in [1.165, 1.54) is 28.7 Å². The SMILES string of the molecule is Cc1ccc(OC2CC3(CCN(C(=O)Cn4cc(NC(=O)CCNc5ccnc(F)n5)cn4)C3)C2)cc1. The molecule has 1 aromatic carbocycles. The lowest BCUT2D eigenvalue weighted by atomic mass is 9.66. The Kier molecular flexibility index (Phi) is 7.02. The number of hydrogen-bond acceptors (Lipinski definition) is 7. The van der Waals surface area contributed by atoms with E-state index in [2.05, 4.69) is 32.6 Å². The maximum absolute atomic E-state index is 13.0. The number of aromatic nitrogens is 4. The minimum atomic E-state index is -0.829. The van der Waals surface area contributed by atoms with Gasteiger partial charge in [0, 0.05) is 38.4 Å². The minimum absolute atomic E-state index is 0.0158. The molecule has 0 radical (unpaired) electrons. The Bertz CT molecular complexity index is 1260. The second-order valence-corrected chi connectivity index (χ2v) is 9.89. The zero-order valence-corrected chi connectivity index (χ0v) is 20.7. The Morgan fingerprint density at radius 1 is 1.22 bits per heavy atom. The van der Waals surface area contributed by atoms with E-state index in [-0.39, 0.29) is 42.8 Å². The molecule has 37 heavy (non-hydrogen) atoms. The summed E-state index contributed by atoms with van der Waals surface area (Å²) >= 11 is 0. The number of nitrogens with one attached hydrogen (secondary N) is 2. The van der Waals surface area contributed by atoms with Crippen LogP contribution in [-0.2, 0) is 16.1 Å². The number of carbonyl (C=O) groups excluding carboxylic acids is 2. The van der Waals surface area contributed by atoms with E-state index in [1.807, 2.05) is 29.2 Å². The summed E-state index contributed by atoms with van der Waals surface area (Å²) in [5.74, 6) is 0.991. The van der Waals surface area contributed by atoms with Crippen molar-refractivity contribution in [2.24, 2.45) is 5.41 Å². The average molecular weight is 508 g/mol. The third kappa shape index (κ3) is 6.22. The lowest BCUT2D eigenvalue weighted by molar-refractivity contribution is -0.132. The Morgan fingerprint density at radius 2 is 2.03 bits per heavy atom. The van der Waals surface area contributed by atoms with Crippen molar-refractivity contribution in [1.82, 2.24) is 24.6 Å². The Hall–Kier alpha value is -4.02. The molecule has 5 rings (SSSR count). The van der Waals surface area contributed by atoms with Crippen LogP contribution in [0.5, 0.6) is 5.75 Å². The zero-order chi connectivity index (χ0) is 25.8. The van der Waals surface area contributed by atoms with E-state index >= 15 is 0 Å². The van der Waals surface area contributed by atoms with Gasteiger partial charge in [-0.3, -0.25) is 14.3 Å². The van der Waals surface area contributed by atoms with E-state index in [9.17, 15) is 14.0 Å². The van der Waals surface area contributed by atoms with Gasteiger partial charge >= 0.3 is 6.08 Å². The molecule has 0 unspecified atom stereocenters. The highest BCUT2D eigenvalue weighted by molar-refractivity contribution is 5.90. The monoisotopic (exact) mass is 507 g/mol. The lowest BCUT2D eigenvalue weighted by Crippen LogP contribution is -2.46. The maximum atomic E-state index is 13.0. The highest BCUT2D eigenvalue weighted by Crippen LogP contribution is 2.49. The van der Waals surface area contributed by atoms with Crippen LogP contribution < -0.4 is 15.4 Å². The smallest absolute Gasteiger partial charge is 0.310 e. The van der Waals surface area contributed by atoms with Gasteiger partial charge in [0.15, 0.2) is 0 Å². The molecule has 194 valence electrons. The Balaban J connectivity index is 1.03. The predicted molar refractivity (Wildman–Crippen MR) is 134 cm³/mol. The molecule has 10 nitrogen and oxygen atoms in total. The van der Waals surface area contributed by atoms with Gasteiger partial charge in [0.2, 0.25) is 11.8 Å². The van der Waals surface area contributed by atoms with E-state index in [1.54, 1.807) is 6.20 Å². The fourth-order valence-corrected chi connectivity index (χ4v) is 4.99. The summed E-state index contributed by atoms with van der Waals surface area (Å²) in [4.78, 5) is 33.9. The van der Waals surface area contributed by atoms with Gasteiger partial charge in [-0.15, -0.1) is 0 Å². The van der Waals surface area contributed by atoms with Gasteiger partial charge < -0.3 is 20.3 Å². The molecule has 3 aromatic rings. The van der Waals surface area contributed by atoms with Crippen molar-refractivity contribution in [3.8, 4) is 5.75 Å². The Morgan fingerprint density at radius 3 is 2.81 bits per heavy atom. The summed E-state index contributed by atoms with van der Waals surface area (Å²) in [6.07, 6.45) is 6.89. The topological polar surface area (TPSA) is 114 Å². The number of amides is 2. The molecule has 1 aliphatic carbocycles. The molecule has 2 amide bonds. The number of hydrogen-bond donors (Lipinski definition) is 2. The van der Waals surface area contributed by atoms with E-state index < -0.39 is 6.08 Å². The first-order valence-corrected chi connectivity index (χ1v) is 12.4. The summed E-state index contributed by atoms with van der Waals surface area (Å²) in [6, 6.07) is 9.63. The standard InChI is InChI=1S/C26H30FN7O3/c1-18-2-4-20(5-3-18)37-21-12-26(13-21)8-11-33(17-26)24(36)16-34-15-19(14-30-34)31-23(35)7-10-28-22-6-9-29-25(27)32-22/h2-6,9,14-15,21H,7-8,10-13,16-17H2,1H3,(H,31,35)(H,28,29,32). The number of aryl methyl sites for hydroxylation is 1. The van der Waals surface area contributed by atoms with Crippen molar-refractivity contribution in [2.45, 2.75) is 45.3 Å². The van der Waals surface area contributed by atoms with E-state index in [4.69, 9.17) is 4.74 Å². The van der Waals surface area contributed by atoms with Crippen molar-refractivity contribution in [2.75, 3.05) is 30.3 Å². The number of nitrogens with zero attached hydrogens (tertiary/aromatic N) is 5. The molecule has 1 saturated heterocycles. The highest BCUT2D eigenvalue weighted by Gasteiger charge is 2.50. The number of carbonyl (C=O) groups is 2. The second-order valence-electron chi connectivity index (χ2n) is 9.89. The fourth-order valence-electron chi connectivity index (χ4n) is 4.99. The molecule has 1 aliphatic heterocycles. The average Bonchev–Trinajstić information content (AvgIpc) is 3.48. The van der Waals surface area contributed by atoms with Gasteiger partial charge in [0.25, 0.3) is 0 Å². The maximum Gasteiger partial charge on any atom is 0.310 e. The van der Waals surface area contributed by atoms with Gasteiger partial charge in [0.1, 0.15) is 18.1 Å². The molecule has 2 fully saturated rings. The van der Waals surface area contributed by atoms with Gasteiger partial charge in [-0.25, -0.2) is 4.98 Å². The molecule has 2 N–H and O–H groups in total. The number of rotatable bonds is 9. The first-order valence-electron chi connectivity index (χ1n) is 12.4. The van der Waals surface area contributed by atoms with Crippen LogP contribution in [0.15, 0.2) is 48.9 Å². The molecule has 1 saturated carbocycles. The van der Waals surface area contributed by atoms with Gasteiger partial charge in [-0.05, 0) is 49.8 Å². The summed E-state index contributed by atoms with van der Waals surface area (Å²) in [5, 5.41) is 9.83. The zero-order valence-electron chi connectivity index (χ0n) is 20.7. The largest absolute Gasteiger partial charge is 0.490 e. The summed E-state index contributed by atoms with van der Waals surface area (Å²) in [5.41, 5.74) is 1.87. The third-order valence-electron chi connectivity index (χ3n) is 6.93. The highest BCUT2D eigenvalue weighted by atomic mass is 19.1. The lowest BCUT2D eigenvalue weighted by Gasteiger charge is -2.44. The van der Waals surface area contributed by atoms with E-state index in [0.29, 0.717) is 11.5 Å². The normalized spacial score (nSPS) is 20.5. The van der Waals surface area contributed by atoms with Crippen LogP contribution >= 0.6 is 0 Å². The van der Waals surface area contributed by atoms with Crippen molar-refractivity contribution in [1.29, 1.82) is 0 Å². The molecular weight excluding hydrogens is 477 g/mol. The molecule has 2 aromatic heterocycles. The summed E-state index contributed by atoms with van der Waals surface area (Å²) in [6.45, 7) is 3.94. The number of benzene rings is 1. The van der Waals surface area contributed by atoms with Crippen LogP contribution in [0.2, 0.25) is 0 Å². The molecule has 0 atom stereocenters. The van der Waals surface area contributed by atoms with E-state index in [0.717, 1.165) is 38.1 Å².